The summed E-state index contributed by atoms with van der Waals surface area (Å²) in [6.07, 6.45) is 1.38. The Kier molecular flexibility index (Phi) is 3.02. The number of furan rings is 1. The SMILES string of the molecule is O=C(CN1C(=O)C(=O)c2c(Br)cccc21)c1ccco1. The van der Waals surface area contributed by atoms with E-state index in [1.165, 1.54) is 17.2 Å². The Morgan fingerprint density at radius 1 is 1.20 bits per heavy atom. The van der Waals surface area contributed by atoms with Gasteiger partial charge < -0.3 is 4.42 Å². The lowest BCUT2D eigenvalue weighted by atomic mass is 10.1. The number of benzene rings is 1. The van der Waals surface area contributed by atoms with E-state index in [1.807, 2.05) is 0 Å². The van der Waals surface area contributed by atoms with Crippen LogP contribution < -0.4 is 4.90 Å². The first-order chi connectivity index (χ1) is 9.59. The van der Waals surface area contributed by atoms with Gasteiger partial charge in [0.25, 0.3) is 11.7 Å². The Labute approximate surface area is 122 Å². The van der Waals surface area contributed by atoms with E-state index in [1.54, 1.807) is 24.3 Å². The van der Waals surface area contributed by atoms with Gasteiger partial charge in [0.1, 0.15) is 0 Å². The predicted molar refractivity (Wildman–Crippen MR) is 73.9 cm³/mol. The quantitative estimate of drug-likeness (QED) is 0.639. The summed E-state index contributed by atoms with van der Waals surface area (Å²) in [5.74, 6) is -1.51. The monoisotopic (exact) mass is 333 g/mol. The lowest BCUT2D eigenvalue weighted by Gasteiger charge is -2.14. The van der Waals surface area contributed by atoms with Gasteiger partial charge in [0.15, 0.2) is 5.76 Å². The first kappa shape index (κ1) is 12.8. The molecule has 0 spiro atoms. The molecule has 1 aromatic carbocycles. The van der Waals surface area contributed by atoms with Crippen LogP contribution in [0.4, 0.5) is 5.69 Å². The molecule has 1 aromatic heterocycles. The van der Waals surface area contributed by atoms with E-state index in [4.69, 9.17) is 4.42 Å². The summed E-state index contributed by atoms with van der Waals surface area (Å²) in [6.45, 7) is -0.221. The number of carbonyl (C=O) groups excluding carboxylic acids is 3. The second-order valence-electron chi connectivity index (χ2n) is 4.25. The number of hydrogen-bond acceptors (Lipinski definition) is 4. The van der Waals surface area contributed by atoms with E-state index in [9.17, 15) is 14.4 Å². The number of amides is 1. The van der Waals surface area contributed by atoms with Crippen molar-refractivity contribution in [3.63, 3.8) is 0 Å². The van der Waals surface area contributed by atoms with Crippen molar-refractivity contribution in [1.29, 1.82) is 0 Å². The van der Waals surface area contributed by atoms with Gasteiger partial charge in [-0.05, 0) is 40.2 Å². The summed E-state index contributed by atoms with van der Waals surface area (Å²) in [4.78, 5) is 37.1. The standard InChI is InChI=1S/C14H8BrNO4/c15-8-3-1-4-9-12(8)13(18)14(19)16(9)7-10(17)11-5-2-6-20-11/h1-6H,7H2. The molecule has 0 unspecified atom stereocenters. The van der Waals surface area contributed by atoms with E-state index < -0.39 is 11.7 Å². The van der Waals surface area contributed by atoms with Crippen molar-refractivity contribution >= 4 is 39.1 Å². The Hall–Kier alpha value is -2.21. The van der Waals surface area contributed by atoms with Crippen molar-refractivity contribution in [2.24, 2.45) is 0 Å². The first-order valence-corrected chi connectivity index (χ1v) is 6.60. The molecule has 2 aromatic rings. The van der Waals surface area contributed by atoms with Gasteiger partial charge in [-0.15, -0.1) is 0 Å². The minimum Gasteiger partial charge on any atom is -0.461 e. The molecule has 5 nitrogen and oxygen atoms in total. The van der Waals surface area contributed by atoms with Gasteiger partial charge in [0, 0.05) is 4.47 Å². The van der Waals surface area contributed by atoms with Crippen molar-refractivity contribution in [3.8, 4) is 0 Å². The minimum absolute atomic E-state index is 0.161. The largest absolute Gasteiger partial charge is 0.461 e. The number of Topliss-reactive ketones (excluding diaryl/α,β-unsaturated/α-hetero) is 2. The smallest absolute Gasteiger partial charge is 0.299 e. The van der Waals surface area contributed by atoms with E-state index >= 15 is 0 Å². The predicted octanol–water partition coefficient (Wildman–Crippen LogP) is 2.45. The molecule has 0 bridgehead atoms. The van der Waals surface area contributed by atoms with Crippen LogP contribution >= 0.6 is 15.9 Å². The second kappa shape index (κ2) is 4.72. The van der Waals surface area contributed by atoms with Gasteiger partial charge in [-0.1, -0.05) is 6.07 Å². The summed E-state index contributed by atoms with van der Waals surface area (Å²) in [5.41, 5.74) is 0.735. The highest BCUT2D eigenvalue weighted by molar-refractivity contribution is 9.10. The summed E-state index contributed by atoms with van der Waals surface area (Å²) < 4.78 is 5.54. The summed E-state index contributed by atoms with van der Waals surface area (Å²) in [6, 6.07) is 8.14. The molecule has 0 saturated carbocycles. The maximum atomic E-state index is 12.0. The molecular formula is C14H8BrNO4. The topological polar surface area (TPSA) is 67.6 Å². The molecule has 6 heteroatoms. The van der Waals surface area contributed by atoms with Crippen LogP contribution in [0.25, 0.3) is 0 Å². The number of nitrogens with zero attached hydrogens (tertiary/aromatic N) is 1. The third-order valence-corrected chi connectivity index (χ3v) is 3.71. The van der Waals surface area contributed by atoms with Crippen LogP contribution in [-0.4, -0.2) is 24.0 Å². The lowest BCUT2D eigenvalue weighted by molar-refractivity contribution is -0.114. The maximum absolute atomic E-state index is 12.0. The molecule has 100 valence electrons. The first-order valence-electron chi connectivity index (χ1n) is 5.81. The molecule has 0 saturated heterocycles. The molecule has 0 atom stereocenters. The Balaban J connectivity index is 1.96. The van der Waals surface area contributed by atoms with Crippen LogP contribution in [0.15, 0.2) is 45.5 Å². The zero-order valence-electron chi connectivity index (χ0n) is 10.1. The second-order valence-corrected chi connectivity index (χ2v) is 5.11. The van der Waals surface area contributed by atoms with Crippen LogP contribution in [0.3, 0.4) is 0 Å². The molecule has 0 N–H and O–H groups in total. The number of anilines is 1. The number of fused-ring (bicyclic) bond motifs is 1. The number of halogens is 1. The highest BCUT2D eigenvalue weighted by atomic mass is 79.9. The molecule has 2 heterocycles. The fraction of sp³-hybridized carbons (Fsp3) is 0.0714. The van der Waals surface area contributed by atoms with Gasteiger partial charge in [0.05, 0.1) is 24.1 Å². The number of ketones is 2. The molecule has 0 radical (unpaired) electrons. The van der Waals surface area contributed by atoms with Crippen LogP contribution in [-0.2, 0) is 4.79 Å². The third-order valence-electron chi connectivity index (χ3n) is 3.05. The van der Waals surface area contributed by atoms with E-state index in [-0.39, 0.29) is 18.1 Å². The average Bonchev–Trinajstić information content (AvgIpc) is 3.03. The molecule has 1 aliphatic rings. The van der Waals surface area contributed by atoms with Crippen molar-refractivity contribution in [2.75, 3.05) is 11.4 Å². The zero-order valence-corrected chi connectivity index (χ0v) is 11.7. The fourth-order valence-electron chi connectivity index (χ4n) is 2.12. The van der Waals surface area contributed by atoms with Crippen LogP contribution in [0.5, 0.6) is 0 Å². The van der Waals surface area contributed by atoms with E-state index in [0.717, 1.165) is 0 Å². The van der Waals surface area contributed by atoms with Gasteiger partial charge in [0.2, 0.25) is 5.78 Å². The van der Waals surface area contributed by atoms with Gasteiger partial charge in [-0.3, -0.25) is 19.3 Å². The summed E-state index contributed by atoms with van der Waals surface area (Å²) >= 11 is 3.24. The Morgan fingerprint density at radius 3 is 2.70 bits per heavy atom. The molecule has 3 rings (SSSR count). The highest BCUT2D eigenvalue weighted by Crippen LogP contribution is 2.34. The zero-order chi connectivity index (χ0) is 14.3. The van der Waals surface area contributed by atoms with E-state index in [2.05, 4.69) is 15.9 Å². The van der Waals surface area contributed by atoms with Crippen molar-refractivity contribution < 1.29 is 18.8 Å². The average molecular weight is 334 g/mol. The van der Waals surface area contributed by atoms with Crippen LogP contribution in [0, 0.1) is 0 Å². The number of hydrogen-bond donors (Lipinski definition) is 0. The Morgan fingerprint density at radius 2 is 2.00 bits per heavy atom. The maximum Gasteiger partial charge on any atom is 0.299 e. The van der Waals surface area contributed by atoms with E-state index in [0.29, 0.717) is 15.7 Å². The normalized spacial score (nSPS) is 13.8. The van der Waals surface area contributed by atoms with Crippen molar-refractivity contribution in [3.05, 3.63) is 52.4 Å². The fourth-order valence-corrected chi connectivity index (χ4v) is 2.65. The lowest BCUT2D eigenvalue weighted by Crippen LogP contribution is -2.34. The molecule has 0 aliphatic carbocycles. The highest BCUT2D eigenvalue weighted by Gasteiger charge is 2.38. The summed E-state index contributed by atoms with van der Waals surface area (Å²) in [7, 11) is 0. The minimum atomic E-state index is -0.702. The van der Waals surface area contributed by atoms with Gasteiger partial charge >= 0.3 is 0 Å². The molecule has 0 fully saturated rings. The van der Waals surface area contributed by atoms with Crippen molar-refractivity contribution in [1.82, 2.24) is 0 Å². The number of carbonyl (C=O) groups is 3. The molecule has 1 aliphatic heterocycles. The van der Waals surface area contributed by atoms with Crippen LogP contribution in [0.2, 0.25) is 0 Å². The summed E-state index contributed by atoms with van der Waals surface area (Å²) in [5, 5.41) is 0. The Bertz CT molecular complexity index is 721. The molecule has 1 amide bonds. The van der Waals surface area contributed by atoms with Gasteiger partial charge in [-0.25, -0.2) is 0 Å². The molecule has 20 heavy (non-hydrogen) atoms. The van der Waals surface area contributed by atoms with Gasteiger partial charge in [-0.2, -0.15) is 0 Å². The van der Waals surface area contributed by atoms with Crippen molar-refractivity contribution in [2.45, 2.75) is 0 Å². The molecular weight excluding hydrogens is 326 g/mol. The third kappa shape index (κ3) is 1.89. The van der Waals surface area contributed by atoms with Crippen LogP contribution in [0.1, 0.15) is 20.9 Å². The number of rotatable bonds is 3.